The van der Waals surface area contributed by atoms with Crippen LogP contribution in [-0.2, 0) is 22.0 Å². The number of halogens is 3. The minimum absolute atomic E-state index is 0.121. The zero-order valence-corrected chi connectivity index (χ0v) is 9.60. The lowest BCUT2D eigenvalue weighted by Gasteiger charge is -2.14. The predicted molar refractivity (Wildman–Crippen MR) is 54.8 cm³/mol. The maximum atomic E-state index is 12.6. The van der Waals surface area contributed by atoms with Crippen LogP contribution in [0.15, 0.2) is 18.2 Å². The predicted octanol–water partition coefficient (Wildman–Crippen LogP) is 1.50. The van der Waals surface area contributed by atoms with Crippen molar-refractivity contribution in [2.45, 2.75) is 11.9 Å². The van der Waals surface area contributed by atoms with Crippen molar-refractivity contribution < 1.29 is 26.3 Å². The molecule has 0 saturated heterocycles. The molecule has 8 heteroatoms. The van der Waals surface area contributed by atoms with Crippen molar-refractivity contribution in [2.75, 3.05) is 7.11 Å². The Bertz CT molecular complexity index is 511. The average Bonchev–Trinajstić information content (AvgIpc) is 2.13. The summed E-state index contributed by atoms with van der Waals surface area (Å²) in [7, 11) is -2.88. The van der Waals surface area contributed by atoms with Gasteiger partial charge < -0.3 is 4.74 Å². The molecule has 0 spiro atoms. The molecule has 17 heavy (non-hydrogen) atoms. The fourth-order valence-corrected chi connectivity index (χ4v) is 2.04. The van der Waals surface area contributed by atoms with Crippen molar-refractivity contribution in [3.63, 3.8) is 0 Å². The molecular weight excluding hydrogens is 259 g/mol. The van der Waals surface area contributed by atoms with Gasteiger partial charge in [0.05, 0.1) is 18.4 Å². The summed E-state index contributed by atoms with van der Waals surface area (Å²) >= 11 is 0. The van der Waals surface area contributed by atoms with Crippen LogP contribution in [0.2, 0.25) is 0 Å². The summed E-state index contributed by atoms with van der Waals surface area (Å²) in [5, 5.41) is 4.79. The molecule has 0 unspecified atom stereocenters. The second-order valence-corrected chi connectivity index (χ2v) is 4.92. The zero-order valence-electron chi connectivity index (χ0n) is 8.78. The number of ether oxygens (including phenoxy) is 1. The fraction of sp³-hybridized carbons (Fsp3) is 0.333. The lowest BCUT2D eigenvalue weighted by molar-refractivity contribution is -0.138. The van der Waals surface area contributed by atoms with Gasteiger partial charge in [0.25, 0.3) is 0 Å². The van der Waals surface area contributed by atoms with Crippen LogP contribution in [0.1, 0.15) is 11.1 Å². The lowest BCUT2D eigenvalue weighted by Crippen LogP contribution is -2.16. The number of nitrogens with two attached hydrogens (primary N) is 1. The number of hydrogen-bond donors (Lipinski definition) is 1. The van der Waals surface area contributed by atoms with Crippen LogP contribution in [0.5, 0.6) is 5.75 Å². The monoisotopic (exact) mass is 269 g/mol. The Morgan fingerprint density at radius 1 is 1.35 bits per heavy atom. The molecule has 4 nitrogen and oxygen atoms in total. The van der Waals surface area contributed by atoms with E-state index in [-0.39, 0.29) is 5.56 Å². The summed E-state index contributed by atoms with van der Waals surface area (Å²) < 4.78 is 64.1. The van der Waals surface area contributed by atoms with Gasteiger partial charge in [-0.1, -0.05) is 12.1 Å². The van der Waals surface area contributed by atoms with E-state index in [0.717, 1.165) is 19.2 Å². The quantitative estimate of drug-likeness (QED) is 0.904. The maximum absolute atomic E-state index is 12.6. The Morgan fingerprint density at radius 2 is 1.94 bits per heavy atom. The van der Waals surface area contributed by atoms with E-state index in [0.29, 0.717) is 0 Å². The molecule has 0 aliphatic heterocycles. The standard InChI is InChI=1S/C9H10F3NO3S/c1-16-8-6(5-17(13,14)15)3-2-4-7(8)9(10,11)12/h2-4H,5H2,1H3,(H2,13,14,15). The van der Waals surface area contributed by atoms with E-state index in [9.17, 15) is 21.6 Å². The van der Waals surface area contributed by atoms with Gasteiger partial charge in [0.2, 0.25) is 10.0 Å². The van der Waals surface area contributed by atoms with Gasteiger partial charge in [0, 0.05) is 5.56 Å². The van der Waals surface area contributed by atoms with Crippen LogP contribution in [0.4, 0.5) is 13.2 Å². The van der Waals surface area contributed by atoms with Crippen LogP contribution >= 0.6 is 0 Å². The molecule has 1 rings (SSSR count). The smallest absolute Gasteiger partial charge is 0.419 e. The van der Waals surface area contributed by atoms with Crippen molar-refractivity contribution in [1.82, 2.24) is 0 Å². The van der Waals surface area contributed by atoms with E-state index < -0.39 is 33.3 Å². The summed E-state index contributed by atoms with van der Waals surface area (Å²) in [6, 6.07) is 3.13. The highest BCUT2D eigenvalue weighted by Gasteiger charge is 2.35. The van der Waals surface area contributed by atoms with E-state index in [1.54, 1.807) is 0 Å². The Kier molecular flexibility index (Phi) is 3.68. The third-order valence-corrected chi connectivity index (χ3v) is 2.68. The van der Waals surface area contributed by atoms with Crippen molar-refractivity contribution in [2.24, 2.45) is 5.14 Å². The number of alkyl halides is 3. The van der Waals surface area contributed by atoms with Crippen molar-refractivity contribution in [1.29, 1.82) is 0 Å². The molecule has 1 aromatic rings. The van der Waals surface area contributed by atoms with Crippen LogP contribution in [0.25, 0.3) is 0 Å². The normalized spacial score (nSPS) is 12.5. The first-order valence-corrected chi connectivity index (χ1v) is 6.10. The molecule has 0 atom stereocenters. The van der Waals surface area contributed by atoms with E-state index >= 15 is 0 Å². The summed E-state index contributed by atoms with van der Waals surface area (Å²) in [5.74, 6) is -1.23. The Morgan fingerprint density at radius 3 is 2.35 bits per heavy atom. The highest BCUT2D eigenvalue weighted by atomic mass is 32.2. The SMILES string of the molecule is COc1c(CS(N)(=O)=O)cccc1C(F)(F)F. The number of sulfonamides is 1. The molecule has 0 aromatic heterocycles. The van der Waals surface area contributed by atoms with Gasteiger partial charge in [-0.2, -0.15) is 13.2 Å². The van der Waals surface area contributed by atoms with Crippen LogP contribution < -0.4 is 9.88 Å². The van der Waals surface area contributed by atoms with Gasteiger partial charge in [-0.05, 0) is 6.07 Å². The molecule has 96 valence electrons. The van der Waals surface area contributed by atoms with Crippen molar-refractivity contribution >= 4 is 10.0 Å². The molecule has 0 fully saturated rings. The van der Waals surface area contributed by atoms with Crippen molar-refractivity contribution in [3.8, 4) is 5.75 Å². The number of primary sulfonamides is 1. The fourth-order valence-electron chi connectivity index (χ4n) is 1.38. The van der Waals surface area contributed by atoms with Crippen LogP contribution in [0, 0.1) is 0 Å². The molecule has 0 heterocycles. The maximum Gasteiger partial charge on any atom is 0.419 e. The first-order valence-electron chi connectivity index (χ1n) is 4.38. The molecule has 1 aromatic carbocycles. The molecule has 0 amide bonds. The average molecular weight is 269 g/mol. The van der Waals surface area contributed by atoms with Gasteiger partial charge in [-0.25, -0.2) is 13.6 Å². The molecular formula is C9H10F3NO3S. The molecule has 0 aliphatic carbocycles. The van der Waals surface area contributed by atoms with Gasteiger partial charge in [-0.3, -0.25) is 0 Å². The topological polar surface area (TPSA) is 69.4 Å². The number of benzene rings is 1. The van der Waals surface area contributed by atoms with Crippen LogP contribution in [-0.4, -0.2) is 15.5 Å². The Labute approximate surface area is 96.2 Å². The van der Waals surface area contributed by atoms with E-state index in [4.69, 9.17) is 5.14 Å². The van der Waals surface area contributed by atoms with Crippen LogP contribution in [0.3, 0.4) is 0 Å². The minimum Gasteiger partial charge on any atom is -0.496 e. The van der Waals surface area contributed by atoms with Gasteiger partial charge >= 0.3 is 6.18 Å². The summed E-state index contributed by atoms with van der Waals surface area (Å²) in [4.78, 5) is 0. The van der Waals surface area contributed by atoms with E-state index in [1.807, 2.05) is 0 Å². The second kappa shape index (κ2) is 4.53. The van der Waals surface area contributed by atoms with Gasteiger partial charge in [-0.15, -0.1) is 0 Å². The zero-order chi connectivity index (χ0) is 13.3. The first-order chi connectivity index (χ1) is 7.65. The second-order valence-electron chi connectivity index (χ2n) is 3.30. The highest BCUT2D eigenvalue weighted by molar-refractivity contribution is 7.88. The first kappa shape index (κ1) is 13.8. The summed E-state index contributed by atoms with van der Waals surface area (Å²) in [6.07, 6.45) is -4.61. The Balaban J connectivity index is 3.34. The Hall–Kier alpha value is -1.28. The highest BCUT2D eigenvalue weighted by Crippen LogP contribution is 2.38. The third kappa shape index (κ3) is 3.60. The van der Waals surface area contributed by atoms with E-state index in [2.05, 4.69) is 4.74 Å². The number of hydrogen-bond acceptors (Lipinski definition) is 3. The molecule has 2 N–H and O–H groups in total. The van der Waals surface area contributed by atoms with Gasteiger partial charge in [0.1, 0.15) is 5.75 Å². The summed E-state index contributed by atoms with van der Waals surface area (Å²) in [6.45, 7) is 0. The molecule has 0 aliphatic rings. The third-order valence-electron chi connectivity index (χ3n) is 1.96. The van der Waals surface area contributed by atoms with Crippen molar-refractivity contribution in [3.05, 3.63) is 29.3 Å². The number of rotatable bonds is 3. The summed E-state index contributed by atoms with van der Waals surface area (Å²) in [5.41, 5.74) is -1.15. The molecule has 0 radical (unpaired) electrons. The minimum atomic E-state index is -4.61. The van der Waals surface area contributed by atoms with Gasteiger partial charge in [0.15, 0.2) is 0 Å². The number of methoxy groups -OCH3 is 1. The molecule has 0 saturated carbocycles. The number of para-hydroxylation sites is 1. The van der Waals surface area contributed by atoms with E-state index in [1.165, 1.54) is 6.07 Å². The lowest BCUT2D eigenvalue weighted by atomic mass is 10.1. The molecule has 0 bridgehead atoms. The largest absolute Gasteiger partial charge is 0.496 e.